The van der Waals surface area contributed by atoms with E-state index in [0.717, 1.165) is 11.1 Å². The van der Waals surface area contributed by atoms with Crippen LogP contribution in [0.4, 0.5) is 0 Å². The van der Waals surface area contributed by atoms with E-state index >= 15 is 0 Å². The van der Waals surface area contributed by atoms with Gasteiger partial charge in [0.15, 0.2) is 5.78 Å². The first-order chi connectivity index (χ1) is 12.2. The highest BCUT2D eigenvalue weighted by Crippen LogP contribution is 2.39. The molecule has 1 aromatic rings. The number of hydrogen-bond acceptors (Lipinski definition) is 6. The molecule has 26 heavy (non-hydrogen) atoms. The number of Topliss-reactive ketones (excluding diaryl/α,β-unsaturated/α-hetero) is 1. The average molecular weight is 357 g/mol. The number of allylic oxidation sites excluding steroid dienone is 1. The minimum atomic E-state index is -1.75. The summed E-state index contributed by atoms with van der Waals surface area (Å²) in [4.78, 5) is 37.6. The van der Waals surface area contributed by atoms with Crippen LogP contribution in [-0.4, -0.2) is 37.5 Å². The van der Waals surface area contributed by atoms with E-state index < -0.39 is 23.3 Å². The van der Waals surface area contributed by atoms with Gasteiger partial charge in [-0.25, -0.2) is 9.59 Å². The fourth-order valence-electron chi connectivity index (χ4n) is 3.29. The van der Waals surface area contributed by atoms with Crippen LogP contribution in [0, 0.1) is 6.92 Å². The lowest BCUT2D eigenvalue weighted by molar-refractivity contribution is -0.150. The number of rotatable bonds is 4. The third kappa shape index (κ3) is 2.92. The van der Waals surface area contributed by atoms with Crippen LogP contribution in [0.1, 0.15) is 31.9 Å². The Bertz CT molecular complexity index is 832. The maximum absolute atomic E-state index is 12.6. The van der Waals surface area contributed by atoms with E-state index in [0.29, 0.717) is 11.3 Å². The molecule has 0 saturated carbocycles. The molecule has 0 spiro atoms. The second-order valence-corrected chi connectivity index (χ2v) is 6.28. The largest absolute Gasteiger partial charge is 0.467 e. The Kier molecular flexibility index (Phi) is 5.35. The van der Waals surface area contributed by atoms with E-state index in [1.807, 2.05) is 31.2 Å². The summed E-state index contributed by atoms with van der Waals surface area (Å²) in [6.07, 6.45) is 0. The molecule has 0 aromatic heterocycles. The summed E-state index contributed by atoms with van der Waals surface area (Å²) < 4.78 is 9.81. The molecule has 1 aliphatic rings. The van der Waals surface area contributed by atoms with Gasteiger partial charge in [0.1, 0.15) is 0 Å². The predicted octanol–water partition coefficient (Wildman–Crippen LogP) is 2.32. The van der Waals surface area contributed by atoms with E-state index in [9.17, 15) is 14.4 Å². The number of carbonyl (C=O) groups is 3. The van der Waals surface area contributed by atoms with Crippen LogP contribution >= 0.6 is 0 Å². The zero-order valence-electron chi connectivity index (χ0n) is 15.9. The van der Waals surface area contributed by atoms with Gasteiger partial charge in [0.2, 0.25) is 5.54 Å². The van der Waals surface area contributed by atoms with Crippen molar-refractivity contribution in [2.45, 2.75) is 33.2 Å². The molecule has 0 radical (unpaired) electrons. The molecule has 1 aliphatic heterocycles. The molecule has 0 aliphatic carbocycles. The van der Waals surface area contributed by atoms with Crippen LogP contribution in [0.3, 0.4) is 0 Å². The van der Waals surface area contributed by atoms with Gasteiger partial charge in [-0.1, -0.05) is 29.8 Å². The Morgan fingerprint density at radius 3 is 2.00 bits per heavy atom. The molecule has 1 atom stereocenters. The molecular formula is C20H23NO5. The van der Waals surface area contributed by atoms with E-state index in [1.54, 1.807) is 13.8 Å². The quantitative estimate of drug-likeness (QED) is 0.658. The van der Waals surface area contributed by atoms with Crippen molar-refractivity contribution >= 4 is 23.3 Å². The fraction of sp³-hybridized carbons (Fsp3) is 0.350. The molecule has 0 saturated heterocycles. The summed E-state index contributed by atoms with van der Waals surface area (Å²) in [5.74, 6) is -1.86. The Morgan fingerprint density at radius 1 is 0.962 bits per heavy atom. The van der Waals surface area contributed by atoms with Crippen LogP contribution in [-0.2, 0) is 23.9 Å². The topological polar surface area (TPSA) is 81.7 Å². The number of benzene rings is 1. The Morgan fingerprint density at radius 2 is 1.54 bits per heavy atom. The second-order valence-electron chi connectivity index (χ2n) is 6.28. The maximum atomic E-state index is 12.6. The van der Waals surface area contributed by atoms with Gasteiger partial charge in [0.25, 0.3) is 0 Å². The number of aryl methyl sites for hydroxylation is 1. The molecule has 138 valence electrons. The van der Waals surface area contributed by atoms with Crippen molar-refractivity contribution in [1.29, 1.82) is 0 Å². The summed E-state index contributed by atoms with van der Waals surface area (Å²) in [5, 5.41) is 2.99. The Balaban J connectivity index is 2.82. The Hall–Kier alpha value is -2.89. The van der Waals surface area contributed by atoms with Crippen molar-refractivity contribution in [3.05, 3.63) is 52.2 Å². The number of ether oxygens (including phenoxy) is 2. The molecule has 0 fully saturated rings. The number of methoxy groups -OCH3 is 2. The van der Waals surface area contributed by atoms with Gasteiger partial charge >= 0.3 is 11.9 Å². The van der Waals surface area contributed by atoms with Gasteiger partial charge in [-0.15, -0.1) is 0 Å². The molecule has 6 nitrogen and oxygen atoms in total. The second kappa shape index (κ2) is 7.15. The molecule has 1 N–H and O–H groups in total. The van der Waals surface area contributed by atoms with Crippen LogP contribution in [0.2, 0.25) is 0 Å². The number of carbonyl (C=O) groups excluding carboxylic acids is 3. The third-order valence-electron chi connectivity index (χ3n) is 4.69. The van der Waals surface area contributed by atoms with Crippen LogP contribution in [0.5, 0.6) is 0 Å². The lowest BCUT2D eigenvalue weighted by Crippen LogP contribution is -2.60. The first-order valence-electron chi connectivity index (χ1n) is 8.16. The van der Waals surface area contributed by atoms with E-state index in [2.05, 4.69) is 5.32 Å². The van der Waals surface area contributed by atoms with Crippen molar-refractivity contribution in [3.8, 4) is 0 Å². The van der Waals surface area contributed by atoms with Crippen molar-refractivity contribution in [2.24, 2.45) is 0 Å². The summed E-state index contributed by atoms with van der Waals surface area (Å²) in [6, 6.07) is 7.61. The zero-order chi connectivity index (χ0) is 19.6. The van der Waals surface area contributed by atoms with Gasteiger partial charge in [-0.3, -0.25) is 4.79 Å². The lowest BCUT2D eigenvalue weighted by Gasteiger charge is -2.38. The van der Waals surface area contributed by atoms with Crippen molar-refractivity contribution < 1.29 is 23.9 Å². The van der Waals surface area contributed by atoms with E-state index in [4.69, 9.17) is 9.47 Å². The molecule has 1 heterocycles. The highest BCUT2D eigenvalue weighted by Gasteiger charge is 2.51. The first kappa shape index (κ1) is 19.4. The van der Waals surface area contributed by atoms with Gasteiger partial charge in [0, 0.05) is 11.3 Å². The van der Waals surface area contributed by atoms with Crippen LogP contribution in [0.25, 0.3) is 5.57 Å². The fourth-order valence-corrected chi connectivity index (χ4v) is 3.29. The summed E-state index contributed by atoms with van der Waals surface area (Å²) in [5.41, 5.74) is 1.65. The minimum absolute atomic E-state index is 0.188. The number of esters is 2. The molecule has 0 bridgehead atoms. The summed E-state index contributed by atoms with van der Waals surface area (Å²) >= 11 is 0. The summed E-state index contributed by atoms with van der Waals surface area (Å²) in [7, 11) is 2.47. The molecule has 1 aromatic carbocycles. The van der Waals surface area contributed by atoms with Gasteiger partial charge in [-0.2, -0.15) is 0 Å². The van der Waals surface area contributed by atoms with E-state index in [-0.39, 0.29) is 11.1 Å². The standard InChI is InChI=1S/C20H23NO5/c1-11-7-9-15(10-8-11)17-13(3)21-20(14(4)22,19(24)26-6)12(2)16(17)18(23)25-5/h7-10,21H,1-6H3/t20-/m0/s1. The Labute approximate surface area is 152 Å². The minimum Gasteiger partial charge on any atom is -0.467 e. The number of nitrogens with one attached hydrogen (secondary N) is 1. The third-order valence-corrected chi connectivity index (χ3v) is 4.69. The molecule has 2 rings (SSSR count). The van der Waals surface area contributed by atoms with Gasteiger partial charge < -0.3 is 14.8 Å². The molecule has 6 heteroatoms. The molecule has 0 unspecified atom stereocenters. The SMILES string of the molecule is COC(=O)C1=C(C)[C@](C(C)=O)(C(=O)OC)NC(C)=C1c1ccc(C)cc1. The monoisotopic (exact) mass is 357 g/mol. The number of dihydropyridines is 1. The highest BCUT2D eigenvalue weighted by molar-refractivity contribution is 6.17. The van der Waals surface area contributed by atoms with Crippen molar-refractivity contribution in [1.82, 2.24) is 5.32 Å². The smallest absolute Gasteiger partial charge is 0.343 e. The highest BCUT2D eigenvalue weighted by atomic mass is 16.5. The lowest BCUT2D eigenvalue weighted by atomic mass is 9.76. The van der Waals surface area contributed by atoms with Crippen LogP contribution in [0.15, 0.2) is 41.1 Å². The number of ketones is 1. The maximum Gasteiger partial charge on any atom is 0.343 e. The van der Waals surface area contributed by atoms with Crippen LogP contribution < -0.4 is 5.32 Å². The molecular weight excluding hydrogens is 334 g/mol. The first-order valence-corrected chi connectivity index (χ1v) is 8.16. The van der Waals surface area contributed by atoms with Crippen molar-refractivity contribution in [3.63, 3.8) is 0 Å². The van der Waals surface area contributed by atoms with Gasteiger partial charge in [-0.05, 0) is 38.8 Å². The van der Waals surface area contributed by atoms with Crippen molar-refractivity contribution in [2.75, 3.05) is 14.2 Å². The van der Waals surface area contributed by atoms with Gasteiger partial charge in [0.05, 0.1) is 19.8 Å². The zero-order valence-corrected chi connectivity index (χ0v) is 15.9. The average Bonchev–Trinajstić information content (AvgIpc) is 2.62. The normalized spacial score (nSPS) is 19.8. The van der Waals surface area contributed by atoms with E-state index in [1.165, 1.54) is 21.1 Å². The molecule has 0 amide bonds. The number of hydrogen-bond donors (Lipinski definition) is 1. The summed E-state index contributed by atoms with van der Waals surface area (Å²) in [6.45, 7) is 6.53. The predicted molar refractivity (Wildman–Crippen MR) is 97.1 cm³/mol.